The number of rotatable bonds is 1. The van der Waals surface area contributed by atoms with E-state index in [9.17, 15) is 0 Å². The Kier molecular flexibility index (Phi) is 4.13. The van der Waals surface area contributed by atoms with Crippen LogP contribution in [0.2, 0.25) is 0 Å². The van der Waals surface area contributed by atoms with E-state index in [4.69, 9.17) is 4.98 Å². The smallest absolute Gasteiger partial charge is 0.124 e. The summed E-state index contributed by atoms with van der Waals surface area (Å²) in [5, 5.41) is 10.5. The van der Waals surface area contributed by atoms with Crippen molar-refractivity contribution in [2.45, 2.75) is 0 Å². The van der Waals surface area contributed by atoms with Crippen molar-refractivity contribution in [3.63, 3.8) is 0 Å². The molecule has 10 rings (SSSR count). The molecule has 2 nitrogen and oxygen atoms in total. The van der Waals surface area contributed by atoms with Gasteiger partial charge in [0.2, 0.25) is 0 Å². The van der Waals surface area contributed by atoms with Crippen LogP contribution < -0.4 is 0 Å². The molecule has 0 aliphatic carbocycles. The second-order valence-corrected chi connectivity index (χ2v) is 13.4. The van der Waals surface area contributed by atoms with Crippen molar-refractivity contribution in [2.75, 3.05) is 0 Å². The van der Waals surface area contributed by atoms with Gasteiger partial charge in [-0.2, -0.15) is 0 Å². The number of thiophene rings is 3. The Balaban J connectivity index is 1.55. The summed E-state index contributed by atoms with van der Waals surface area (Å²) >= 11 is 5.65. The first-order valence-electron chi connectivity index (χ1n) is 13.3. The molecule has 5 heterocycles. The van der Waals surface area contributed by atoms with Gasteiger partial charge in [-0.25, -0.2) is 4.98 Å². The molecule has 0 aliphatic heterocycles. The van der Waals surface area contributed by atoms with E-state index in [-0.39, 0.29) is 0 Å². The van der Waals surface area contributed by atoms with E-state index in [1.54, 1.807) is 0 Å². The van der Waals surface area contributed by atoms with Gasteiger partial charge >= 0.3 is 0 Å². The number of hydrogen-bond acceptors (Lipinski definition) is 4. The maximum Gasteiger partial charge on any atom is 0.124 e. The molecule has 0 spiro atoms. The molecule has 0 bridgehead atoms. The van der Waals surface area contributed by atoms with Gasteiger partial charge in [0.15, 0.2) is 0 Å². The van der Waals surface area contributed by atoms with Crippen LogP contribution in [0.5, 0.6) is 0 Å². The lowest BCUT2D eigenvalue weighted by molar-refractivity contribution is 1.21. The highest BCUT2D eigenvalue weighted by Gasteiger charge is 2.25. The van der Waals surface area contributed by atoms with Crippen molar-refractivity contribution in [1.29, 1.82) is 0 Å². The number of para-hydroxylation sites is 1. The summed E-state index contributed by atoms with van der Waals surface area (Å²) in [4.78, 5) is 5.93. The molecule has 0 unspecified atom stereocenters. The third-order valence-corrected chi connectivity index (χ3v) is 11.8. The van der Waals surface area contributed by atoms with Crippen LogP contribution in [0.25, 0.3) is 88.1 Å². The fourth-order valence-corrected chi connectivity index (χ4v) is 10.4. The average Bonchev–Trinajstić information content (AvgIpc) is 3.75. The standard InChI is InChI=1S/C35H18N2S3/c1-4-14-24-21(10-1)28-29-23-13-8-18-36-35(23)40-33(29)30-22-11-3-6-17-27(22)39-34(30)31(28)37(24)25-15-7-12-20-19-9-2-5-16-26(19)38-32(20)25/h1-18H. The maximum atomic E-state index is 4.82. The SMILES string of the molecule is c1ccc2c(c1)sc1c(-n3c4ccccc4c4c5c6cccnc6sc5c5c6ccccc6sc5c43)cccc12. The Bertz CT molecular complexity index is 2660. The van der Waals surface area contributed by atoms with E-state index < -0.39 is 0 Å². The summed E-state index contributed by atoms with van der Waals surface area (Å²) in [6.07, 6.45) is 1.92. The van der Waals surface area contributed by atoms with Gasteiger partial charge in [-0.1, -0.05) is 66.7 Å². The van der Waals surface area contributed by atoms with Gasteiger partial charge in [0.25, 0.3) is 0 Å². The Labute approximate surface area is 240 Å². The predicted molar refractivity (Wildman–Crippen MR) is 177 cm³/mol. The van der Waals surface area contributed by atoms with Crippen molar-refractivity contribution in [2.24, 2.45) is 0 Å². The zero-order valence-electron chi connectivity index (χ0n) is 21.0. The summed E-state index contributed by atoms with van der Waals surface area (Å²) in [6, 6.07) is 37.8. The van der Waals surface area contributed by atoms with Crippen LogP contribution in [0, 0.1) is 0 Å². The molecule has 0 atom stereocenters. The molecule has 0 saturated carbocycles. The monoisotopic (exact) mass is 562 g/mol. The van der Waals surface area contributed by atoms with E-state index in [0.717, 1.165) is 4.83 Å². The first-order valence-corrected chi connectivity index (χ1v) is 15.8. The number of hydrogen-bond donors (Lipinski definition) is 0. The van der Waals surface area contributed by atoms with E-state index in [0.29, 0.717) is 0 Å². The normalized spacial score (nSPS) is 12.5. The first kappa shape index (κ1) is 21.5. The minimum atomic E-state index is 1.10. The third-order valence-electron chi connectivity index (χ3n) is 8.25. The largest absolute Gasteiger partial charge is 0.306 e. The van der Waals surface area contributed by atoms with Gasteiger partial charge in [0.1, 0.15) is 4.83 Å². The van der Waals surface area contributed by atoms with Gasteiger partial charge in [0, 0.05) is 63.4 Å². The first-order chi connectivity index (χ1) is 19.9. The maximum absolute atomic E-state index is 4.82. The Hall–Kier alpha value is -4.29. The van der Waals surface area contributed by atoms with Gasteiger partial charge in [0.05, 0.1) is 26.1 Å². The number of benzene rings is 5. The van der Waals surface area contributed by atoms with E-state index in [1.807, 2.05) is 40.2 Å². The molecule has 0 aliphatic rings. The quantitative estimate of drug-likeness (QED) is 0.195. The zero-order valence-corrected chi connectivity index (χ0v) is 23.5. The second-order valence-electron chi connectivity index (χ2n) is 10.3. The van der Waals surface area contributed by atoms with Crippen molar-refractivity contribution < 1.29 is 0 Å². The molecule has 5 aromatic heterocycles. The average molecular weight is 563 g/mol. The molecule has 0 fully saturated rings. The Morgan fingerprint density at radius 2 is 1.18 bits per heavy atom. The topological polar surface area (TPSA) is 17.8 Å². The molecular formula is C35H18N2S3. The zero-order chi connectivity index (χ0) is 25.9. The molecule has 0 saturated heterocycles. The van der Waals surface area contributed by atoms with Gasteiger partial charge in [-0.15, -0.1) is 34.0 Å². The molecule has 0 N–H and O–H groups in total. The lowest BCUT2D eigenvalue weighted by Crippen LogP contribution is -1.94. The highest BCUT2D eigenvalue weighted by Crippen LogP contribution is 2.52. The van der Waals surface area contributed by atoms with Crippen molar-refractivity contribution >= 4 is 116 Å². The molecule has 186 valence electrons. The van der Waals surface area contributed by atoms with Crippen molar-refractivity contribution in [3.05, 3.63) is 109 Å². The summed E-state index contributed by atoms with van der Waals surface area (Å²) in [5.41, 5.74) is 3.80. The van der Waals surface area contributed by atoms with Crippen LogP contribution in [-0.4, -0.2) is 9.55 Å². The van der Waals surface area contributed by atoms with Crippen LogP contribution in [0.3, 0.4) is 0 Å². The summed E-state index contributed by atoms with van der Waals surface area (Å²) < 4.78 is 9.24. The Morgan fingerprint density at radius 3 is 2.08 bits per heavy atom. The van der Waals surface area contributed by atoms with Crippen LogP contribution in [0.15, 0.2) is 109 Å². The molecule has 40 heavy (non-hydrogen) atoms. The van der Waals surface area contributed by atoms with Gasteiger partial charge in [-0.05, 0) is 36.4 Å². The third kappa shape index (κ3) is 2.60. The molecule has 10 aromatic rings. The molecular weight excluding hydrogens is 545 g/mol. The van der Waals surface area contributed by atoms with E-state index >= 15 is 0 Å². The fourth-order valence-electron chi connectivity index (χ4n) is 6.66. The number of pyridine rings is 1. The summed E-state index contributed by atoms with van der Waals surface area (Å²) in [7, 11) is 0. The van der Waals surface area contributed by atoms with Crippen molar-refractivity contribution in [3.8, 4) is 5.69 Å². The minimum Gasteiger partial charge on any atom is -0.306 e. The number of aromatic nitrogens is 2. The fraction of sp³-hybridized carbons (Fsp3) is 0. The lowest BCUT2D eigenvalue weighted by atomic mass is 10.0. The number of fused-ring (bicyclic) bond motifs is 15. The molecule has 0 amide bonds. The predicted octanol–water partition coefficient (Wildman–Crippen LogP) is 11.3. The van der Waals surface area contributed by atoms with Crippen LogP contribution in [0.1, 0.15) is 0 Å². The highest BCUT2D eigenvalue weighted by atomic mass is 32.1. The van der Waals surface area contributed by atoms with Gasteiger partial charge in [-0.3, -0.25) is 0 Å². The number of nitrogens with zero attached hydrogens (tertiary/aromatic N) is 2. The van der Waals surface area contributed by atoms with Gasteiger partial charge < -0.3 is 4.57 Å². The molecule has 5 heteroatoms. The van der Waals surface area contributed by atoms with E-state index in [1.165, 1.54) is 83.3 Å². The van der Waals surface area contributed by atoms with Crippen LogP contribution >= 0.6 is 34.0 Å². The van der Waals surface area contributed by atoms with Crippen LogP contribution in [0.4, 0.5) is 0 Å². The summed E-state index contributed by atoms with van der Waals surface area (Å²) in [5.74, 6) is 0. The second kappa shape index (κ2) is 7.67. The van der Waals surface area contributed by atoms with Crippen molar-refractivity contribution in [1.82, 2.24) is 9.55 Å². The summed E-state index contributed by atoms with van der Waals surface area (Å²) in [6.45, 7) is 0. The van der Waals surface area contributed by atoms with E-state index in [2.05, 4.69) is 108 Å². The van der Waals surface area contributed by atoms with Crippen LogP contribution in [-0.2, 0) is 0 Å². The Morgan fingerprint density at radius 1 is 0.475 bits per heavy atom. The molecule has 0 radical (unpaired) electrons. The lowest BCUT2D eigenvalue weighted by Gasteiger charge is -2.10. The molecule has 5 aromatic carbocycles. The highest BCUT2D eigenvalue weighted by molar-refractivity contribution is 7.30. The minimum absolute atomic E-state index is 1.10.